The Balaban J connectivity index is 1.28. The molecule has 1 N–H and O–H groups in total. The lowest BCUT2D eigenvalue weighted by Gasteiger charge is -2.32. The molecule has 168 valence electrons. The molecular formula is C23H25N3O5S. The van der Waals surface area contributed by atoms with Gasteiger partial charge in [0.15, 0.2) is 12.4 Å². The average molecular weight is 456 g/mol. The van der Waals surface area contributed by atoms with E-state index in [1.54, 1.807) is 30.3 Å². The summed E-state index contributed by atoms with van der Waals surface area (Å²) in [6.07, 6.45) is 1.86. The number of esters is 1. The highest BCUT2D eigenvalue weighted by Crippen LogP contribution is 2.29. The van der Waals surface area contributed by atoms with E-state index in [-0.39, 0.29) is 23.3 Å². The zero-order valence-corrected chi connectivity index (χ0v) is 18.6. The van der Waals surface area contributed by atoms with Crippen molar-refractivity contribution in [1.29, 1.82) is 0 Å². The fourth-order valence-electron chi connectivity index (χ4n) is 3.96. The van der Waals surface area contributed by atoms with Gasteiger partial charge >= 0.3 is 5.97 Å². The molecule has 8 nitrogen and oxygen atoms in total. The number of likely N-dealkylation sites (tertiary alicyclic amines) is 1. The maximum absolute atomic E-state index is 12.4. The van der Waals surface area contributed by atoms with Gasteiger partial charge < -0.3 is 15.0 Å². The van der Waals surface area contributed by atoms with Crippen LogP contribution < -0.4 is 5.32 Å². The number of nitrogens with one attached hydrogen (secondary N) is 1. The Bertz CT molecular complexity index is 1170. The highest BCUT2D eigenvalue weighted by atomic mass is 32.2. The van der Waals surface area contributed by atoms with E-state index in [4.69, 9.17) is 4.74 Å². The predicted octanol–water partition coefficient (Wildman–Crippen LogP) is 2.59. The number of ether oxygens (including phenoxy) is 1. The predicted molar refractivity (Wildman–Crippen MR) is 120 cm³/mol. The molecule has 0 bridgehead atoms. The number of carbonyl (C=O) groups excluding carboxylic acids is 2. The van der Waals surface area contributed by atoms with Crippen LogP contribution in [0, 0.1) is 5.92 Å². The quantitative estimate of drug-likeness (QED) is 0.695. The number of amides is 1. The van der Waals surface area contributed by atoms with Gasteiger partial charge in [0.05, 0.1) is 5.92 Å². The summed E-state index contributed by atoms with van der Waals surface area (Å²) in [7, 11) is -3.67. The third-order valence-corrected chi connectivity index (χ3v) is 7.03. The van der Waals surface area contributed by atoms with Crippen LogP contribution in [0.2, 0.25) is 0 Å². The van der Waals surface area contributed by atoms with Gasteiger partial charge in [-0.05, 0) is 49.1 Å². The number of piperidine rings is 1. The van der Waals surface area contributed by atoms with Gasteiger partial charge in [0.25, 0.3) is 15.9 Å². The molecule has 1 amide bonds. The molecule has 32 heavy (non-hydrogen) atoms. The van der Waals surface area contributed by atoms with Crippen molar-refractivity contribution in [3.63, 3.8) is 0 Å². The second-order valence-corrected chi connectivity index (χ2v) is 9.43. The molecule has 2 aliphatic heterocycles. The van der Waals surface area contributed by atoms with Crippen LogP contribution in [0.15, 0.2) is 57.8 Å². The maximum atomic E-state index is 12.4. The zero-order valence-electron chi connectivity index (χ0n) is 17.8. The Morgan fingerprint density at radius 3 is 2.62 bits per heavy atom. The summed E-state index contributed by atoms with van der Waals surface area (Å²) < 4.78 is 33.7. The molecule has 0 atom stereocenters. The van der Waals surface area contributed by atoms with E-state index in [1.165, 1.54) is 0 Å². The highest BCUT2D eigenvalue weighted by Gasteiger charge is 2.34. The number of fused-ring (bicyclic) bond motifs is 1. The number of rotatable bonds is 5. The second-order valence-electron chi connectivity index (χ2n) is 7.86. The van der Waals surface area contributed by atoms with Crippen molar-refractivity contribution < 1.29 is 22.7 Å². The van der Waals surface area contributed by atoms with Gasteiger partial charge in [0.1, 0.15) is 4.90 Å². The Morgan fingerprint density at radius 1 is 1.12 bits per heavy atom. The standard InChI is InChI=1S/C23H25N3O5S/c1-2-16-6-5-7-18(14-16)24-21(27)15-31-23(28)17-10-12-26(13-11-17)22-19-8-3-4-9-20(19)32(29,30)25-22/h3-9,14,17H,2,10-13,15H2,1H3,(H,24,27). The lowest BCUT2D eigenvalue weighted by molar-refractivity contribution is -0.152. The van der Waals surface area contributed by atoms with E-state index in [1.807, 2.05) is 30.0 Å². The van der Waals surface area contributed by atoms with Gasteiger partial charge in [-0.2, -0.15) is 8.42 Å². The molecule has 0 spiro atoms. The number of nitrogens with zero attached hydrogens (tertiary/aromatic N) is 2. The zero-order chi connectivity index (χ0) is 22.7. The molecule has 2 aromatic carbocycles. The summed E-state index contributed by atoms with van der Waals surface area (Å²) in [6.45, 7) is 2.66. The van der Waals surface area contributed by atoms with E-state index in [0.717, 1.165) is 12.0 Å². The Hall–Kier alpha value is -3.20. The van der Waals surface area contributed by atoms with Crippen molar-refractivity contribution in [2.24, 2.45) is 10.3 Å². The third kappa shape index (κ3) is 4.67. The molecule has 4 rings (SSSR count). The van der Waals surface area contributed by atoms with Crippen LogP contribution >= 0.6 is 0 Å². The average Bonchev–Trinajstić information content (AvgIpc) is 3.09. The third-order valence-electron chi connectivity index (χ3n) is 5.70. The first-order valence-corrected chi connectivity index (χ1v) is 12.1. The summed E-state index contributed by atoms with van der Waals surface area (Å²) >= 11 is 0. The number of benzene rings is 2. The van der Waals surface area contributed by atoms with E-state index >= 15 is 0 Å². The van der Waals surface area contributed by atoms with Gasteiger partial charge in [0, 0.05) is 24.3 Å². The van der Waals surface area contributed by atoms with E-state index in [0.29, 0.717) is 43.0 Å². The minimum Gasteiger partial charge on any atom is -0.455 e. The number of hydrogen-bond donors (Lipinski definition) is 1. The van der Waals surface area contributed by atoms with Crippen molar-refractivity contribution in [3.05, 3.63) is 59.7 Å². The molecule has 1 fully saturated rings. The number of sulfonamides is 1. The van der Waals surface area contributed by atoms with Crippen molar-refractivity contribution >= 4 is 33.4 Å². The molecule has 9 heteroatoms. The molecule has 2 heterocycles. The Labute approximate surface area is 187 Å². The first-order valence-electron chi connectivity index (χ1n) is 10.6. The number of hydrogen-bond acceptors (Lipinski definition) is 6. The molecular weight excluding hydrogens is 430 g/mol. The fraction of sp³-hybridized carbons (Fsp3) is 0.348. The second kappa shape index (κ2) is 9.12. The number of aryl methyl sites for hydroxylation is 1. The lowest BCUT2D eigenvalue weighted by atomic mass is 9.96. The number of carbonyl (C=O) groups is 2. The van der Waals surface area contributed by atoms with Crippen LogP contribution in [0.5, 0.6) is 0 Å². The minimum absolute atomic E-state index is 0.215. The van der Waals surface area contributed by atoms with Crippen LogP contribution in [0.25, 0.3) is 0 Å². The first kappa shape index (κ1) is 22.0. The van der Waals surface area contributed by atoms with Gasteiger partial charge in [-0.25, -0.2) is 0 Å². The summed E-state index contributed by atoms with van der Waals surface area (Å²) in [6, 6.07) is 14.3. The van der Waals surface area contributed by atoms with Crippen LogP contribution in [-0.4, -0.2) is 50.7 Å². The van der Waals surface area contributed by atoms with Gasteiger partial charge in [0.2, 0.25) is 0 Å². The van der Waals surface area contributed by atoms with Crippen molar-refractivity contribution in [1.82, 2.24) is 4.90 Å². The number of anilines is 1. The summed E-state index contributed by atoms with van der Waals surface area (Å²) in [5.41, 5.74) is 2.37. The van der Waals surface area contributed by atoms with Crippen LogP contribution in [-0.2, 0) is 30.8 Å². The Morgan fingerprint density at radius 2 is 1.88 bits per heavy atom. The molecule has 2 aliphatic rings. The highest BCUT2D eigenvalue weighted by molar-refractivity contribution is 7.90. The van der Waals surface area contributed by atoms with Crippen LogP contribution in [0.3, 0.4) is 0 Å². The fourth-order valence-corrected chi connectivity index (χ4v) is 5.19. The minimum atomic E-state index is -3.67. The van der Waals surface area contributed by atoms with Crippen molar-refractivity contribution in [2.75, 3.05) is 25.0 Å². The van der Waals surface area contributed by atoms with Gasteiger partial charge in [-0.3, -0.25) is 9.59 Å². The topological polar surface area (TPSA) is 105 Å². The molecule has 0 unspecified atom stereocenters. The van der Waals surface area contributed by atoms with Crippen molar-refractivity contribution in [3.8, 4) is 0 Å². The molecule has 0 radical (unpaired) electrons. The number of amidine groups is 1. The largest absolute Gasteiger partial charge is 0.455 e. The Kier molecular flexibility index (Phi) is 6.27. The van der Waals surface area contributed by atoms with Gasteiger partial charge in [-0.1, -0.05) is 31.2 Å². The van der Waals surface area contributed by atoms with E-state index in [2.05, 4.69) is 9.71 Å². The van der Waals surface area contributed by atoms with Crippen molar-refractivity contribution in [2.45, 2.75) is 31.1 Å². The molecule has 0 aromatic heterocycles. The molecule has 1 saturated heterocycles. The summed E-state index contributed by atoms with van der Waals surface area (Å²) in [5, 5.41) is 2.74. The molecule has 0 saturated carbocycles. The lowest BCUT2D eigenvalue weighted by Crippen LogP contribution is -2.41. The summed E-state index contributed by atoms with van der Waals surface area (Å²) in [4.78, 5) is 26.7. The molecule has 2 aromatic rings. The van der Waals surface area contributed by atoms with Crippen LogP contribution in [0.4, 0.5) is 5.69 Å². The monoisotopic (exact) mass is 455 g/mol. The summed E-state index contributed by atoms with van der Waals surface area (Å²) in [5.74, 6) is -0.702. The van der Waals surface area contributed by atoms with E-state index < -0.39 is 16.0 Å². The van der Waals surface area contributed by atoms with E-state index in [9.17, 15) is 18.0 Å². The van der Waals surface area contributed by atoms with Crippen LogP contribution in [0.1, 0.15) is 30.9 Å². The SMILES string of the molecule is CCc1cccc(NC(=O)COC(=O)C2CCN(C3=NS(=O)(=O)c4ccccc43)CC2)c1. The molecule has 0 aliphatic carbocycles. The van der Waals surface area contributed by atoms with Gasteiger partial charge in [-0.15, -0.1) is 4.40 Å². The smallest absolute Gasteiger partial charge is 0.309 e. The first-order chi connectivity index (χ1) is 15.4. The normalized spacial score (nSPS) is 17.4. The maximum Gasteiger partial charge on any atom is 0.309 e.